The highest BCUT2D eigenvalue weighted by molar-refractivity contribution is 5.80. The van der Waals surface area contributed by atoms with Crippen molar-refractivity contribution < 1.29 is 19.0 Å². The number of hydrogen-bond donors (Lipinski definition) is 0. The summed E-state index contributed by atoms with van der Waals surface area (Å²) in [6.07, 6.45) is 2.94. The molecule has 0 saturated carbocycles. The predicted octanol–water partition coefficient (Wildman–Crippen LogP) is 2.70. The molecule has 4 nitrogen and oxygen atoms in total. The molecule has 0 spiro atoms. The highest BCUT2D eigenvalue weighted by Crippen LogP contribution is 2.22. The largest absolute Gasteiger partial charge is 0.497 e. The van der Waals surface area contributed by atoms with Crippen molar-refractivity contribution in [1.82, 2.24) is 0 Å². The zero-order valence-corrected chi connectivity index (χ0v) is 11.0. The Balaban J connectivity index is 2.39. The van der Waals surface area contributed by atoms with Crippen molar-refractivity contribution in [3.8, 4) is 11.5 Å². The van der Waals surface area contributed by atoms with Crippen LogP contribution in [0.4, 0.5) is 0 Å². The molecular weight excluding hydrogens is 232 g/mol. The minimum atomic E-state index is 0.441. The number of benzene rings is 1. The molecule has 0 N–H and O–H groups in total. The van der Waals surface area contributed by atoms with Crippen molar-refractivity contribution in [1.29, 1.82) is 0 Å². The zero-order chi connectivity index (χ0) is 13.2. The van der Waals surface area contributed by atoms with Crippen LogP contribution in [0.15, 0.2) is 18.2 Å². The average molecular weight is 252 g/mol. The molecule has 0 bridgehead atoms. The van der Waals surface area contributed by atoms with Gasteiger partial charge in [0, 0.05) is 6.61 Å². The highest BCUT2D eigenvalue weighted by Gasteiger charge is 2.04. The lowest BCUT2D eigenvalue weighted by atomic mass is 10.2. The summed E-state index contributed by atoms with van der Waals surface area (Å²) in [4.78, 5) is 10.9. The van der Waals surface area contributed by atoms with E-state index >= 15 is 0 Å². The summed E-state index contributed by atoms with van der Waals surface area (Å²) < 4.78 is 15.9. The van der Waals surface area contributed by atoms with E-state index in [0.717, 1.165) is 25.7 Å². The van der Waals surface area contributed by atoms with Gasteiger partial charge in [-0.15, -0.1) is 0 Å². The number of aldehydes is 1. The Kier molecular flexibility index (Phi) is 6.87. The van der Waals surface area contributed by atoms with E-state index in [2.05, 4.69) is 6.92 Å². The van der Waals surface area contributed by atoms with Gasteiger partial charge < -0.3 is 14.2 Å². The first kappa shape index (κ1) is 14.5. The van der Waals surface area contributed by atoms with Crippen LogP contribution in [-0.2, 0) is 4.74 Å². The topological polar surface area (TPSA) is 44.8 Å². The second-order valence-electron chi connectivity index (χ2n) is 3.84. The molecule has 0 aromatic heterocycles. The summed E-state index contributed by atoms with van der Waals surface area (Å²) in [7, 11) is 1.56. The van der Waals surface area contributed by atoms with Gasteiger partial charge in [-0.3, -0.25) is 4.79 Å². The molecule has 1 aromatic rings. The minimum absolute atomic E-state index is 0.441. The van der Waals surface area contributed by atoms with Gasteiger partial charge in [0.15, 0.2) is 6.29 Å². The van der Waals surface area contributed by atoms with Crippen molar-refractivity contribution in [2.45, 2.75) is 19.8 Å². The third kappa shape index (κ3) is 4.75. The molecule has 4 heteroatoms. The van der Waals surface area contributed by atoms with E-state index in [1.807, 2.05) is 0 Å². The summed E-state index contributed by atoms with van der Waals surface area (Å²) in [5.41, 5.74) is 0.489. The van der Waals surface area contributed by atoms with Gasteiger partial charge in [0.25, 0.3) is 0 Å². The molecule has 0 amide bonds. The van der Waals surface area contributed by atoms with Crippen LogP contribution >= 0.6 is 0 Å². The average Bonchev–Trinajstić information content (AvgIpc) is 2.42. The fourth-order valence-corrected chi connectivity index (χ4v) is 1.44. The van der Waals surface area contributed by atoms with Crippen molar-refractivity contribution >= 4 is 6.29 Å². The lowest BCUT2D eigenvalue weighted by molar-refractivity contribution is 0.0968. The van der Waals surface area contributed by atoms with Crippen LogP contribution in [0.5, 0.6) is 11.5 Å². The fourth-order valence-electron chi connectivity index (χ4n) is 1.44. The second kappa shape index (κ2) is 8.53. The van der Waals surface area contributed by atoms with E-state index < -0.39 is 0 Å². The van der Waals surface area contributed by atoms with Gasteiger partial charge >= 0.3 is 0 Å². The molecule has 0 unspecified atom stereocenters. The molecule has 0 aliphatic heterocycles. The van der Waals surface area contributed by atoms with E-state index in [0.29, 0.717) is 30.3 Å². The lowest BCUT2D eigenvalue weighted by Gasteiger charge is -2.10. The number of methoxy groups -OCH3 is 1. The van der Waals surface area contributed by atoms with Crippen LogP contribution in [-0.4, -0.2) is 33.2 Å². The number of carbonyl (C=O) groups excluding carboxylic acids is 1. The third-order valence-corrected chi connectivity index (χ3v) is 2.47. The van der Waals surface area contributed by atoms with Crippen LogP contribution in [0.3, 0.4) is 0 Å². The number of ether oxygens (including phenoxy) is 3. The van der Waals surface area contributed by atoms with E-state index in [9.17, 15) is 4.79 Å². The van der Waals surface area contributed by atoms with Crippen molar-refractivity contribution in [2.75, 3.05) is 26.9 Å². The summed E-state index contributed by atoms with van der Waals surface area (Å²) in [5.74, 6) is 1.20. The molecule has 0 heterocycles. The Bertz CT molecular complexity index is 363. The van der Waals surface area contributed by atoms with Gasteiger partial charge in [0.1, 0.15) is 18.1 Å². The van der Waals surface area contributed by atoms with Crippen molar-refractivity contribution in [3.05, 3.63) is 23.8 Å². The molecule has 0 aliphatic rings. The van der Waals surface area contributed by atoms with Crippen LogP contribution in [0, 0.1) is 0 Å². The molecule has 18 heavy (non-hydrogen) atoms. The summed E-state index contributed by atoms with van der Waals surface area (Å²) in [5, 5.41) is 0. The Hall–Kier alpha value is -1.55. The minimum Gasteiger partial charge on any atom is -0.497 e. The third-order valence-electron chi connectivity index (χ3n) is 2.47. The fraction of sp³-hybridized carbons (Fsp3) is 0.500. The molecule has 0 saturated heterocycles. The first-order valence-electron chi connectivity index (χ1n) is 6.15. The lowest BCUT2D eigenvalue weighted by Crippen LogP contribution is -2.08. The van der Waals surface area contributed by atoms with Crippen LogP contribution in [0.25, 0.3) is 0 Å². The molecule has 0 radical (unpaired) electrons. The normalized spacial score (nSPS) is 10.1. The van der Waals surface area contributed by atoms with Gasteiger partial charge in [0.2, 0.25) is 0 Å². The SMILES string of the molecule is CCCCOCCOc1ccc(OC)cc1C=O. The van der Waals surface area contributed by atoms with Gasteiger partial charge in [-0.2, -0.15) is 0 Å². The number of rotatable bonds is 9. The maximum atomic E-state index is 10.9. The summed E-state index contributed by atoms with van der Waals surface area (Å²) in [6, 6.07) is 5.15. The number of carbonyl (C=O) groups is 1. The van der Waals surface area contributed by atoms with Crippen molar-refractivity contribution in [3.63, 3.8) is 0 Å². The van der Waals surface area contributed by atoms with Crippen molar-refractivity contribution in [2.24, 2.45) is 0 Å². The van der Waals surface area contributed by atoms with Gasteiger partial charge in [-0.05, 0) is 24.6 Å². The van der Waals surface area contributed by atoms with E-state index in [-0.39, 0.29) is 0 Å². The monoisotopic (exact) mass is 252 g/mol. The molecule has 0 atom stereocenters. The Labute approximate surface area is 108 Å². The molecular formula is C14H20O4. The Morgan fingerprint density at radius 1 is 1.22 bits per heavy atom. The second-order valence-corrected chi connectivity index (χ2v) is 3.84. The standard InChI is InChI=1S/C14H20O4/c1-3-4-7-17-8-9-18-14-6-5-13(16-2)10-12(14)11-15/h5-6,10-11H,3-4,7-9H2,1-2H3. The molecule has 0 fully saturated rings. The maximum absolute atomic E-state index is 10.9. The zero-order valence-electron chi connectivity index (χ0n) is 11.0. The molecule has 0 aliphatic carbocycles. The van der Waals surface area contributed by atoms with E-state index in [4.69, 9.17) is 14.2 Å². The summed E-state index contributed by atoms with van der Waals surface area (Å²) in [6.45, 7) is 3.85. The van der Waals surface area contributed by atoms with E-state index in [1.54, 1.807) is 25.3 Å². The number of unbranched alkanes of at least 4 members (excludes halogenated alkanes) is 1. The van der Waals surface area contributed by atoms with Crippen LogP contribution < -0.4 is 9.47 Å². The van der Waals surface area contributed by atoms with E-state index in [1.165, 1.54) is 0 Å². The van der Waals surface area contributed by atoms with Gasteiger partial charge in [-0.25, -0.2) is 0 Å². The predicted molar refractivity (Wildman–Crippen MR) is 69.6 cm³/mol. The Morgan fingerprint density at radius 2 is 2.06 bits per heavy atom. The van der Waals surface area contributed by atoms with Crippen LogP contribution in [0.1, 0.15) is 30.1 Å². The first-order chi connectivity index (χ1) is 8.81. The van der Waals surface area contributed by atoms with Crippen LogP contribution in [0.2, 0.25) is 0 Å². The quantitative estimate of drug-likeness (QED) is 0.500. The Morgan fingerprint density at radius 3 is 2.72 bits per heavy atom. The smallest absolute Gasteiger partial charge is 0.153 e. The van der Waals surface area contributed by atoms with Gasteiger partial charge in [0.05, 0.1) is 19.3 Å². The molecule has 1 rings (SSSR count). The molecule has 100 valence electrons. The number of hydrogen-bond acceptors (Lipinski definition) is 4. The summed E-state index contributed by atoms with van der Waals surface area (Å²) >= 11 is 0. The molecule has 1 aromatic carbocycles. The van der Waals surface area contributed by atoms with Gasteiger partial charge in [-0.1, -0.05) is 13.3 Å². The highest BCUT2D eigenvalue weighted by atomic mass is 16.5. The maximum Gasteiger partial charge on any atom is 0.153 e. The first-order valence-corrected chi connectivity index (χ1v) is 6.15.